The summed E-state index contributed by atoms with van der Waals surface area (Å²) < 4.78 is 5.92. The molecule has 1 unspecified atom stereocenters. The molecule has 0 spiro atoms. The van der Waals surface area contributed by atoms with Crippen molar-refractivity contribution in [2.75, 3.05) is 19.6 Å². The second kappa shape index (κ2) is 8.48. The van der Waals surface area contributed by atoms with E-state index in [1.54, 1.807) is 23.1 Å². The van der Waals surface area contributed by atoms with E-state index in [-0.39, 0.29) is 36.8 Å². The van der Waals surface area contributed by atoms with Gasteiger partial charge in [0.1, 0.15) is 11.9 Å². The maximum atomic E-state index is 12.6. The van der Waals surface area contributed by atoms with Gasteiger partial charge in [0.25, 0.3) is 11.8 Å². The van der Waals surface area contributed by atoms with Gasteiger partial charge in [-0.1, -0.05) is 35.4 Å². The van der Waals surface area contributed by atoms with Gasteiger partial charge in [-0.05, 0) is 37.6 Å². The molecule has 2 heterocycles. The molecule has 0 bridgehead atoms. The zero-order valence-corrected chi connectivity index (χ0v) is 17.5. The first-order chi connectivity index (χ1) is 14.4. The zero-order valence-electron chi connectivity index (χ0n) is 16.8. The number of imide groups is 1. The number of carbonyl (C=O) groups excluding carboxylic acids is 3. The number of ether oxygens (including phenoxy) is 1. The Labute approximate surface area is 180 Å². The number of aryl methyl sites for hydroxylation is 1. The van der Waals surface area contributed by atoms with Crippen molar-refractivity contribution < 1.29 is 19.1 Å². The lowest BCUT2D eigenvalue weighted by molar-refractivity contribution is -0.130. The summed E-state index contributed by atoms with van der Waals surface area (Å²) in [6, 6.07) is 12.6. The molecule has 2 aliphatic rings. The van der Waals surface area contributed by atoms with Crippen LogP contribution in [0.2, 0.25) is 5.02 Å². The summed E-state index contributed by atoms with van der Waals surface area (Å²) in [5, 5.41) is 0.554. The van der Waals surface area contributed by atoms with Crippen LogP contribution in [0.25, 0.3) is 0 Å². The predicted molar refractivity (Wildman–Crippen MR) is 113 cm³/mol. The number of rotatable bonds is 6. The summed E-state index contributed by atoms with van der Waals surface area (Å²) in [4.78, 5) is 40.6. The van der Waals surface area contributed by atoms with Gasteiger partial charge in [0.15, 0.2) is 0 Å². The van der Waals surface area contributed by atoms with Crippen LogP contribution in [-0.2, 0) is 4.79 Å². The van der Waals surface area contributed by atoms with Crippen molar-refractivity contribution in [1.82, 2.24) is 9.80 Å². The fourth-order valence-corrected chi connectivity index (χ4v) is 4.11. The first kappa shape index (κ1) is 20.4. The maximum Gasteiger partial charge on any atom is 0.261 e. The maximum absolute atomic E-state index is 12.6. The van der Waals surface area contributed by atoms with Crippen LogP contribution in [0.15, 0.2) is 42.5 Å². The Kier molecular flexibility index (Phi) is 5.77. The van der Waals surface area contributed by atoms with Gasteiger partial charge < -0.3 is 9.64 Å². The lowest BCUT2D eigenvalue weighted by Crippen LogP contribution is -2.33. The third-order valence-electron chi connectivity index (χ3n) is 5.53. The highest BCUT2D eigenvalue weighted by Crippen LogP contribution is 2.27. The molecule has 0 radical (unpaired) electrons. The standard InChI is InChI=1S/C23H23ClN2O4/c1-15-8-9-17-18(13-15)23(29)26(22(17)28)11-4-7-21(27)25-12-10-16(14-25)30-20-6-3-2-5-19(20)24/h2-3,5-6,8-9,13,16H,4,7,10-12,14H2,1H3. The first-order valence-electron chi connectivity index (χ1n) is 10.1. The Balaban J connectivity index is 1.26. The third kappa shape index (κ3) is 4.05. The number of nitrogens with zero attached hydrogens (tertiary/aromatic N) is 2. The van der Waals surface area contributed by atoms with Crippen LogP contribution in [0.4, 0.5) is 0 Å². The molecule has 4 rings (SSSR count). The Morgan fingerprint density at radius 3 is 2.70 bits per heavy atom. The van der Waals surface area contributed by atoms with Gasteiger partial charge in [0.2, 0.25) is 5.91 Å². The highest BCUT2D eigenvalue weighted by Gasteiger charge is 2.35. The fourth-order valence-electron chi connectivity index (χ4n) is 3.92. The minimum atomic E-state index is -0.281. The Bertz CT molecular complexity index is 1010. The Morgan fingerprint density at radius 2 is 1.90 bits per heavy atom. The van der Waals surface area contributed by atoms with E-state index in [0.717, 1.165) is 12.0 Å². The van der Waals surface area contributed by atoms with Crippen molar-refractivity contribution in [3.63, 3.8) is 0 Å². The van der Waals surface area contributed by atoms with Crippen molar-refractivity contribution in [1.29, 1.82) is 0 Å². The third-order valence-corrected chi connectivity index (χ3v) is 5.84. The molecule has 2 aromatic carbocycles. The van der Waals surface area contributed by atoms with Crippen molar-refractivity contribution in [3.8, 4) is 5.75 Å². The summed E-state index contributed by atoms with van der Waals surface area (Å²) in [5.41, 5.74) is 1.83. The van der Waals surface area contributed by atoms with E-state index in [9.17, 15) is 14.4 Å². The number of likely N-dealkylation sites (tertiary alicyclic amines) is 1. The lowest BCUT2D eigenvalue weighted by atomic mass is 10.1. The van der Waals surface area contributed by atoms with Gasteiger partial charge in [-0.15, -0.1) is 0 Å². The van der Waals surface area contributed by atoms with E-state index < -0.39 is 0 Å². The Morgan fingerprint density at radius 1 is 1.13 bits per heavy atom. The van der Waals surface area contributed by atoms with Crippen LogP contribution in [0.1, 0.15) is 45.5 Å². The second-order valence-corrected chi connectivity index (χ2v) is 8.12. The number of amides is 3. The SMILES string of the molecule is Cc1ccc2c(c1)C(=O)N(CCCC(=O)N1CCC(Oc3ccccc3Cl)C1)C2=O. The van der Waals surface area contributed by atoms with Crippen molar-refractivity contribution in [2.45, 2.75) is 32.3 Å². The topological polar surface area (TPSA) is 66.9 Å². The van der Waals surface area contributed by atoms with E-state index in [4.69, 9.17) is 16.3 Å². The number of fused-ring (bicyclic) bond motifs is 1. The number of halogens is 1. The van der Waals surface area contributed by atoms with Gasteiger partial charge >= 0.3 is 0 Å². The molecule has 2 aromatic rings. The van der Waals surface area contributed by atoms with Crippen LogP contribution in [0.3, 0.4) is 0 Å². The molecule has 6 nitrogen and oxygen atoms in total. The summed E-state index contributed by atoms with van der Waals surface area (Å²) >= 11 is 6.13. The largest absolute Gasteiger partial charge is 0.487 e. The normalized spacial score (nSPS) is 18.1. The van der Waals surface area contributed by atoms with Crippen LogP contribution in [-0.4, -0.2) is 53.3 Å². The minimum absolute atomic E-state index is 0.00714. The van der Waals surface area contributed by atoms with Gasteiger partial charge in [-0.2, -0.15) is 0 Å². The molecule has 7 heteroatoms. The van der Waals surface area contributed by atoms with E-state index in [0.29, 0.717) is 41.4 Å². The summed E-state index contributed by atoms with van der Waals surface area (Å²) in [6.07, 6.45) is 1.38. The molecule has 1 fully saturated rings. The summed E-state index contributed by atoms with van der Waals surface area (Å²) in [7, 11) is 0. The molecule has 3 amide bonds. The van der Waals surface area contributed by atoms with Gasteiger partial charge in [-0.25, -0.2) is 0 Å². The van der Waals surface area contributed by atoms with Crippen LogP contribution in [0, 0.1) is 6.92 Å². The molecule has 0 aliphatic carbocycles. The number of hydrogen-bond donors (Lipinski definition) is 0. The summed E-state index contributed by atoms with van der Waals surface area (Å²) in [5.74, 6) is 0.0735. The molecule has 0 N–H and O–H groups in total. The van der Waals surface area contributed by atoms with Gasteiger partial charge in [0, 0.05) is 25.9 Å². The van der Waals surface area contributed by atoms with Crippen molar-refractivity contribution in [2.24, 2.45) is 0 Å². The monoisotopic (exact) mass is 426 g/mol. The van der Waals surface area contributed by atoms with E-state index >= 15 is 0 Å². The highest BCUT2D eigenvalue weighted by molar-refractivity contribution is 6.32. The van der Waals surface area contributed by atoms with Crippen LogP contribution in [0.5, 0.6) is 5.75 Å². The van der Waals surface area contributed by atoms with Gasteiger partial charge in [-0.3, -0.25) is 19.3 Å². The quantitative estimate of drug-likeness (QED) is 0.660. The molecule has 2 aliphatic heterocycles. The number of benzene rings is 2. The van der Waals surface area contributed by atoms with Crippen molar-refractivity contribution in [3.05, 3.63) is 64.2 Å². The molecule has 0 aromatic heterocycles. The molecular formula is C23H23ClN2O4. The van der Waals surface area contributed by atoms with E-state index in [1.807, 2.05) is 31.2 Å². The smallest absolute Gasteiger partial charge is 0.261 e. The first-order valence-corrected chi connectivity index (χ1v) is 10.5. The predicted octanol–water partition coefficient (Wildman–Crippen LogP) is 3.70. The molecule has 1 atom stereocenters. The highest BCUT2D eigenvalue weighted by atomic mass is 35.5. The second-order valence-electron chi connectivity index (χ2n) is 7.71. The summed E-state index contributed by atoms with van der Waals surface area (Å²) in [6.45, 7) is 3.26. The zero-order chi connectivity index (χ0) is 21.3. The molecular weight excluding hydrogens is 404 g/mol. The van der Waals surface area contributed by atoms with Gasteiger partial charge in [0.05, 0.1) is 22.7 Å². The average Bonchev–Trinajstić information content (AvgIpc) is 3.28. The molecule has 156 valence electrons. The number of hydrogen-bond acceptors (Lipinski definition) is 4. The number of para-hydroxylation sites is 1. The lowest BCUT2D eigenvalue weighted by Gasteiger charge is -2.19. The average molecular weight is 427 g/mol. The number of carbonyl (C=O) groups is 3. The Hall–Kier alpha value is -2.86. The fraction of sp³-hybridized carbons (Fsp3) is 0.348. The molecule has 1 saturated heterocycles. The van der Waals surface area contributed by atoms with Crippen molar-refractivity contribution >= 4 is 29.3 Å². The van der Waals surface area contributed by atoms with E-state index in [2.05, 4.69) is 0 Å². The molecule has 0 saturated carbocycles. The van der Waals surface area contributed by atoms with Crippen LogP contribution >= 0.6 is 11.6 Å². The van der Waals surface area contributed by atoms with Crippen LogP contribution < -0.4 is 4.74 Å². The van der Waals surface area contributed by atoms with E-state index in [1.165, 1.54) is 4.90 Å². The minimum Gasteiger partial charge on any atom is -0.487 e. The molecule has 30 heavy (non-hydrogen) atoms.